The number of ether oxygens (including phenoxy) is 1. The number of nitrogens with one attached hydrogen (secondary N) is 1. The number of anilines is 2. The summed E-state index contributed by atoms with van der Waals surface area (Å²) < 4.78 is 46.1. The van der Waals surface area contributed by atoms with E-state index in [0.29, 0.717) is 66.4 Å². The van der Waals surface area contributed by atoms with Gasteiger partial charge in [0.05, 0.1) is 18.9 Å². The summed E-state index contributed by atoms with van der Waals surface area (Å²) in [7, 11) is 1.58. The highest BCUT2D eigenvalue weighted by molar-refractivity contribution is 6.04. The second-order valence-electron chi connectivity index (χ2n) is 9.84. The van der Waals surface area contributed by atoms with Gasteiger partial charge < -0.3 is 20.1 Å². The smallest absolute Gasteiger partial charge is 0.416 e. The Hall–Kier alpha value is -4.57. The Labute approximate surface area is 235 Å². The Bertz CT molecular complexity index is 1500. The summed E-state index contributed by atoms with van der Waals surface area (Å²) >= 11 is 0. The van der Waals surface area contributed by atoms with Crippen molar-refractivity contribution in [1.29, 1.82) is 0 Å². The van der Waals surface area contributed by atoms with Gasteiger partial charge in [-0.05, 0) is 83.9 Å². The fraction of sp³-hybridized carbons (Fsp3) is 0.226. The zero-order valence-electron chi connectivity index (χ0n) is 22.4. The van der Waals surface area contributed by atoms with E-state index in [9.17, 15) is 23.1 Å². The Morgan fingerprint density at radius 1 is 0.927 bits per heavy atom. The summed E-state index contributed by atoms with van der Waals surface area (Å²) in [6, 6.07) is 19.8. The van der Waals surface area contributed by atoms with E-state index in [1.165, 1.54) is 24.5 Å². The number of hydrogen-bond donors (Lipinski definition) is 2. The average molecular weight is 563 g/mol. The second kappa shape index (κ2) is 11.9. The summed E-state index contributed by atoms with van der Waals surface area (Å²) in [5, 5.41) is 12.6. The lowest BCUT2D eigenvalue weighted by atomic mass is 10.00. The predicted molar refractivity (Wildman–Crippen MR) is 151 cm³/mol. The van der Waals surface area contributed by atoms with Crippen LogP contribution in [0.15, 0.2) is 85.2 Å². The number of carbonyl (C=O) groups excluding carboxylic acids is 1. The summed E-state index contributed by atoms with van der Waals surface area (Å²) in [6.45, 7) is 3.08. The van der Waals surface area contributed by atoms with Crippen molar-refractivity contribution in [2.45, 2.75) is 12.7 Å². The standard InChI is InChI=1S/C31H29F3N4O3/c1-41-29-8-4-26(5-9-29)36-30(40)22-2-6-27(7-3-22)38-12-10-37(11-13-38)20-21-14-23(16-25(15-21)31(32,33)34)24-17-28(39)19-35-18-24/h2-9,14-19,39H,10-13,20H2,1H3,(H,36,40). The van der Waals surface area contributed by atoms with Crippen molar-refractivity contribution in [2.24, 2.45) is 0 Å². The van der Waals surface area contributed by atoms with Crippen LogP contribution in [0.25, 0.3) is 11.1 Å². The molecule has 1 aromatic heterocycles. The van der Waals surface area contributed by atoms with Gasteiger partial charge in [-0.2, -0.15) is 13.2 Å². The molecule has 212 valence electrons. The number of pyridine rings is 1. The molecule has 0 saturated carbocycles. The van der Waals surface area contributed by atoms with Crippen molar-refractivity contribution in [2.75, 3.05) is 43.5 Å². The molecule has 1 aliphatic rings. The van der Waals surface area contributed by atoms with Gasteiger partial charge >= 0.3 is 6.18 Å². The minimum Gasteiger partial charge on any atom is -0.506 e. The van der Waals surface area contributed by atoms with E-state index >= 15 is 0 Å². The van der Waals surface area contributed by atoms with Crippen LogP contribution in [0.5, 0.6) is 11.5 Å². The number of hydrogen-bond acceptors (Lipinski definition) is 6. The predicted octanol–water partition coefficient (Wildman–Crippen LogP) is 6.06. The SMILES string of the molecule is COc1ccc(NC(=O)c2ccc(N3CCN(Cc4cc(-c5cncc(O)c5)cc(C(F)(F)F)c4)CC3)cc2)cc1. The molecule has 7 nitrogen and oxygen atoms in total. The van der Waals surface area contributed by atoms with Gasteiger partial charge in [0.15, 0.2) is 0 Å². The molecule has 0 radical (unpaired) electrons. The first-order valence-electron chi connectivity index (χ1n) is 13.1. The van der Waals surface area contributed by atoms with Gasteiger partial charge in [0.1, 0.15) is 11.5 Å². The molecule has 1 amide bonds. The van der Waals surface area contributed by atoms with E-state index in [2.05, 4.69) is 20.1 Å². The molecule has 4 aromatic rings. The molecule has 5 rings (SSSR count). The third kappa shape index (κ3) is 6.96. The lowest BCUT2D eigenvalue weighted by Gasteiger charge is -2.36. The Balaban J connectivity index is 1.21. The summed E-state index contributed by atoms with van der Waals surface area (Å²) in [6.07, 6.45) is -1.82. The molecule has 0 atom stereocenters. The molecule has 2 N–H and O–H groups in total. The van der Waals surface area contributed by atoms with Crippen LogP contribution >= 0.6 is 0 Å². The van der Waals surface area contributed by atoms with Crippen LogP contribution in [-0.4, -0.2) is 54.2 Å². The van der Waals surface area contributed by atoms with Crippen molar-refractivity contribution in [3.05, 3.63) is 102 Å². The number of methoxy groups -OCH3 is 1. The number of aromatic hydroxyl groups is 1. The third-order valence-corrected chi connectivity index (χ3v) is 7.00. The maximum atomic E-state index is 13.7. The number of benzene rings is 3. The highest BCUT2D eigenvalue weighted by atomic mass is 19.4. The summed E-state index contributed by atoms with van der Waals surface area (Å²) in [4.78, 5) is 20.9. The van der Waals surface area contributed by atoms with Crippen molar-refractivity contribution in [1.82, 2.24) is 9.88 Å². The molecule has 0 bridgehead atoms. The largest absolute Gasteiger partial charge is 0.506 e. The minimum atomic E-state index is -4.49. The van der Waals surface area contributed by atoms with E-state index in [1.807, 2.05) is 12.1 Å². The molecular weight excluding hydrogens is 533 g/mol. The second-order valence-corrected chi connectivity index (χ2v) is 9.84. The summed E-state index contributed by atoms with van der Waals surface area (Å²) in [5.41, 5.74) is 2.76. The lowest BCUT2D eigenvalue weighted by Crippen LogP contribution is -2.46. The lowest BCUT2D eigenvalue weighted by molar-refractivity contribution is -0.137. The van der Waals surface area contributed by atoms with Gasteiger partial charge in [-0.3, -0.25) is 14.7 Å². The van der Waals surface area contributed by atoms with E-state index in [4.69, 9.17) is 4.74 Å². The van der Waals surface area contributed by atoms with Gasteiger partial charge in [0, 0.05) is 61.4 Å². The fourth-order valence-corrected chi connectivity index (χ4v) is 4.82. The van der Waals surface area contributed by atoms with Gasteiger partial charge in [-0.1, -0.05) is 0 Å². The molecule has 3 aromatic carbocycles. The third-order valence-electron chi connectivity index (χ3n) is 7.00. The first-order chi connectivity index (χ1) is 19.7. The van der Waals surface area contributed by atoms with Crippen molar-refractivity contribution < 1.29 is 27.8 Å². The first-order valence-corrected chi connectivity index (χ1v) is 13.1. The number of piperazine rings is 1. The number of nitrogens with zero attached hydrogens (tertiary/aromatic N) is 3. The number of aromatic nitrogens is 1. The average Bonchev–Trinajstić information content (AvgIpc) is 2.97. The molecule has 10 heteroatoms. The molecule has 0 spiro atoms. The number of rotatable bonds is 7. The van der Waals surface area contributed by atoms with Crippen molar-refractivity contribution in [3.8, 4) is 22.6 Å². The molecular formula is C31H29F3N4O3. The van der Waals surface area contributed by atoms with Crippen LogP contribution in [0.3, 0.4) is 0 Å². The molecule has 1 aliphatic heterocycles. The zero-order valence-corrected chi connectivity index (χ0v) is 22.4. The highest BCUT2D eigenvalue weighted by Crippen LogP contribution is 2.34. The molecule has 0 unspecified atom stereocenters. The van der Waals surface area contributed by atoms with Gasteiger partial charge in [0.2, 0.25) is 0 Å². The van der Waals surface area contributed by atoms with Crippen LogP contribution in [-0.2, 0) is 12.7 Å². The maximum Gasteiger partial charge on any atom is 0.416 e. The summed E-state index contributed by atoms with van der Waals surface area (Å²) in [5.74, 6) is 0.384. The number of carbonyl (C=O) groups is 1. The monoisotopic (exact) mass is 562 g/mol. The number of alkyl halides is 3. The molecule has 1 fully saturated rings. The van der Waals surface area contributed by atoms with Crippen LogP contribution in [0.4, 0.5) is 24.5 Å². The number of halogens is 3. The van der Waals surface area contributed by atoms with E-state index < -0.39 is 11.7 Å². The minimum absolute atomic E-state index is 0.108. The molecule has 1 saturated heterocycles. The van der Waals surface area contributed by atoms with Crippen molar-refractivity contribution in [3.63, 3.8) is 0 Å². The van der Waals surface area contributed by atoms with Crippen molar-refractivity contribution >= 4 is 17.3 Å². The topological polar surface area (TPSA) is 77.9 Å². The van der Waals surface area contributed by atoms with Gasteiger partial charge in [-0.15, -0.1) is 0 Å². The molecule has 41 heavy (non-hydrogen) atoms. The van der Waals surface area contributed by atoms with E-state index in [-0.39, 0.29) is 11.7 Å². The van der Waals surface area contributed by atoms with E-state index in [1.54, 1.807) is 49.6 Å². The quantitative estimate of drug-likeness (QED) is 0.285. The van der Waals surface area contributed by atoms with Crippen LogP contribution in [0.1, 0.15) is 21.5 Å². The zero-order chi connectivity index (χ0) is 29.0. The van der Waals surface area contributed by atoms with E-state index in [0.717, 1.165) is 11.8 Å². The Morgan fingerprint density at radius 2 is 1.63 bits per heavy atom. The van der Waals surface area contributed by atoms with Crippen LogP contribution in [0.2, 0.25) is 0 Å². The van der Waals surface area contributed by atoms with Crippen LogP contribution in [0, 0.1) is 0 Å². The Morgan fingerprint density at radius 3 is 2.27 bits per heavy atom. The van der Waals surface area contributed by atoms with Crippen LogP contribution < -0.4 is 15.0 Å². The highest BCUT2D eigenvalue weighted by Gasteiger charge is 2.31. The number of amides is 1. The normalized spacial score (nSPS) is 14.1. The fourth-order valence-electron chi connectivity index (χ4n) is 4.82. The molecule has 2 heterocycles. The Kier molecular flexibility index (Phi) is 8.11. The maximum absolute atomic E-state index is 13.7. The first kappa shape index (κ1) is 28.0. The van der Waals surface area contributed by atoms with Gasteiger partial charge in [-0.25, -0.2) is 0 Å². The van der Waals surface area contributed by atoms with Gasteiger partial charge in [0.25, 0.3) is 5.91 Å². The molecule has 0 aliphatic carbocycles.